The molecule has 0 aliphatic heterocycles. The van der Waals surface area contributed by atoms with E-state index in [9.17, 15) is 4.39 Å². The average Bonchev–Trinajstić information content (AvgIpc) is 1.82. The average molecular weight is 154 g/mol. The van der Waals surface area contributed by atoms with E-state index in [1.807, 2.05) is 0 Å². The van der Waals surface area contributed by atoms with Crippen molar-refractivity contribution < 1.29 is 4.39 Å². The van der Waals surface area contributed by atoms with Crippen molar-refractivity contribution in [2.45, 2.75) is 37.9 Å². The van der Waals surface area contributed by atoms with Crippen molar-refractivity contribution >= 4 is 12.4 Å². The van der Waals surface area contributed by atoms with Gasteiger partial charge >= 0.3 is 0 Å². The van der Waals surface area contributed by atoms with Crippen LogP contribution >= 0.6 is 12.4 Å². The number of halogens is 2. The second kappa shape index (κ2) is 2.84. The maximum atomic E-state index is 12.8. The first-order valence-electron chi connectivity index (χ1n) is 3.05. The van der Waals surface area contributed by atoms with Crippen molar-refractivity contribution in [3.63, 3.8) is 0 Å². The molecule has 0 radical (unpaired) electrons. The minimum absolute atomic E-state index is 0. The molecule has 1 aliphatic carbocycles. The van der Waals surface area contributed by atoms with Crippen molar-refractivity contribution in [2.75, 3.05) is 0 Å². The second-order valence-corrected chi connectivity index (χ2v) is 2.92. The van der Waals surface area contributed by atoms with Gasteiger partial charge in [-0.2, -0.15) is 0 Å². The van der Waals surface area contributed by atoms with Crippen LogP contribution in [0, 0.1) is 0 Å². The molecule has 2 N–H and O–H groups in total. The van der Waals surface area contributed by atoms with Gasteiger partial charge in [-0.3, -0.25) is 0 Å². The molecular formula is C6H13ClFN. The number of alkyl halides is 1. The summed E-state index contributed by atoms with van der Waals surface area (Å²) in [6.45, 7) is 1.62. The smallest absolute Gasteiger partial charge is 0.109 e. The van der Waals surface area contributed by atoms with Crippen LogP contribution in [-0.4, -0.2) is 11.7 Å². The summed E-state index contributed by atoms with van der Waals surface area (Å²) >= 11 is 0. The molecule has 1 aliphatic rings. The van der Waals surface area contributed by atoms with Gasteiger partial charge in [-0.05, 0) is 26.2 Å². The maximum absolute atomic E-state index is 12.8. The molecule has 0 aromatic rings. The quantitative estimate of drug-likeness (QED) is 0.563. The number of rotatable bonds is 0. The molecule has 1 fully saturated rings. The molecule has 0 heterocycles. The number of nitrogens with two attached hydrogens (primary N) is 1. The SMILES string of the molecule is CC1(F)CCC(N)C1.Cl. The summed E-state index contributed by atoms with van der Waals surface area (Å²) in [7, 11) is 0. The molecule has 1 nitrogen and oxygen atoms in total. The summed E-state index contributed by atoms with van der Waals surface area (Å²) in [6.07, 6.45) is 2.05. The fourth-order valence-electron chi connectivity index (χ4n) is 1.24. The lowest BCUT2D eigenvalue weighted by molar-refractivity contribution is 0.197. The summed E-state index contributed by atoms with van der Waals surface area (Å²) in [5, 5.41) is 0. The van der Waals surface area contributed by atoms with Crippen LogP contribution in [0.2, 0.25) is 0 Å². The van der Waals surface area contributed by atoms with Crippen LogP contribution in [0.5, 0.6) is 0 Å². The van der Waals surface area contributed by atoms with Crippen LogP contribution in [0.3, 0.4) is 0 Å². The molecule has 0 spiro atoms. The standard InChI is InChI=1S/C6H12FN.ClH/c1-6(7)3-2-5(8)4-6;/h5H,2-4,8H2,1H3;1H. The van der Waals surface area contributed by atoms with Gasteiger partial charge in [0.1, 0.15) is 5.67 Å². The maximum Gasteiger partial charge on any atom is 0.109 e. The first-order valence-corrected chi connectivity index (χ1v) is 3.05. The molecular weight excluding hydrogens is 141 g/mol. The second-order valence-electron chi connectivity index (χ2n) is 2.92. The van der Waals surface area contributed by atoms with E-state index < -0.39 is 5.67 Å². The van der Waals surface area contributed by atoms with Gasteiger partial charge in [0.05, 0.1) is 0 Å². The van der Waals surface area contributed by atoms with E-state index in [0.717, 1.165) is 6.42 Å². The first kappa shape index (κ1) is 9.18. The van der Waals surface area contributed by atoms with Crippen LogP contribution in [0.25, 0.3) is 0 Å². The third-order valence-electron chi connectivity index (χ3n) is 1.72. The molecule has 3 heteroatoms. The molecule has 9 heavy (non-hydrogen) atoms. The zero-order valence-electron chi connectivity index (χ0n) is 5.56. The lowest BCUT2D eigenvalue weighted by Gasteiger charge is -2.09. The third kappa shape index (κ3) is 2.50. The van der Waals surface area contributed by atoms with Crippen LogP contribution in [0.4, 0.5) is 4.39 Å². The first-order chi connectivity index (χ1) is 3.60. The summed E-state index contributed by atoms with van der Waals surface area (Å²) in [4.78, 5) is 0. The van der Waals surface area contributed by atoms with E-state index in [0.29, 0.717) is 12.8 Å². The van der Waals surface area contributed by atoms with Crippen LogP contribution in [0.15, 0.2) is 0 Å². The Kier molecular flexibility index (Phi) is 2.90. The van der Waals surface area contributed by atoms with Crippen LogP contribution < -0.4 is 5.73 Å². The van der Waals surface area contributed by atoms with Crippen molar-refractivity contribution in [3.8, 4) is 0 Å². The molecule has 0 amide bonds. The normalized spacial score (nSPS) is 42.3. The fourth-order valence-corrected chi connectivity index (χ4v) is 1.24. The molecule has 0 aromatic carbocycles. The van der Waals surface area contributed by atoms with Gasteiger partial charge in [0.2, 0.25) is 0 Å². The highest BCUT2D eigenvalue weighted by Gasteiger charge is 2.32. The minimum atomic E-state index is -0.959. The molecule has 2 unspecified atom stereocenters. The van der Waals surface area contributed by atoms with Crippen LogP contribution in [0.1, 0.15) is 26.2 Å². The van der Waals surface area contributed by atoms with Gasteiger partial charge in [-0.1, -0.05) is 0 Å². The monoisotopic (exact) mass is 153 g/mol. The lowest BCUT2D eigenvalue weighted by atomic mass is 10.1. The Labute approximate surface area is 61.2 Å². The Morgan fingerprint density at radius 3 is 2.33 bits per heavy atom. The highest BCUT2D eigenvalue weighted by molar-refractivity contribution is 5.85. The van der Waals surface area contributed by atoms with Crippen molar-refractivity contribution in [1.29, 1.82) is 0 Å². The molecule has 0 saturated heterocycles. The Hall–Kier alpha value is 0.180. The molecule has 1 saturated carbocycles. The summed E-state index contributed by atoms with van der Waals surface area (Å²) in [5.74, 6) is 0. The molecule has 0 aromatic heterocycles. The van der Waals surface area contributed by atoms with E-state index in [-0.39, 0.29) is 18.4 Å². The number of hydrogen-bond donors (Lipinski definition) is 1. The third-order valence-corrected chi connectivity index (χ3v) is 1.72. The van der Waals surface area contributed by atoms with E-state index in [1.165, 1.54) is 0 Å². The largest absolute Gasteiger partial charge is 0.328 e. The van der Waals surface area contributed by atoms with E-state index in [4.69, 9.17) is 5.73 Å². The van der Waals surface area contributed by atoms with E-state index in [1.54, 1.807) is 6.92 Å². The molecule has 1 rings (SSSR count). The zero-order chi connectivity index (χ0) is 6.20. The predicted molar refractivity (Wildman–Crippen MR) is 38.6 cm³/mol. The highest BCUT2D eigenvalue weighted by Crippen LogP contribution is 2.31. The molecule has 56 valence electrons. The van der Waals surface area contributed by atoms with Crippen molar-refractivity contribution in [2.24, 2.45) is 5.73 Å². The van der Waals surface area contributed by atoms with Crippen molar-refractivity contribution in [3.05, 3.63) is 0 Å². The Balaban J connectivity index is 0.000000640. The molecule has 2 atom stereocenters. The Morgan fingerprint density at radius 2 is 2.22 bits per heavy atom. The Morgan fingerprint density at radius 1 is 1.67 bits per heavy atom. The van der Waals surface area contributed by atoms with Gasteiger partial charge in [0, 0.05) is 6.04 Å². The van der Waals surface area contributed by atoms with Gasteiger partial charge in [0.15, 0.2) is 0 Å². The summed E-state index contributed by atoms with van der Waals surface area (Å²) in [6, 6.07) is 0.116. The van der Waals surface area contributed by atoms with Gasteiger partial charge in [0.25, 0.3) is 0 Å². The van der Waals surface area contributed by atoms with Gasteiger partial charge < -0.3 is 5.73 Å². The molecule has 0 bridgehead atoms. The highest BCUT2D eigenvalue weighted by atomic mass is 35.5. The van der Waals surface area contributed by atoms with Gasteiger partial charge in [-0.15, -0.1) is 12.4 Å². The van der Waals surface area contributed by atoms with Crippen LogP contribution in [-0.2, 0) is 0 Å². The van der Waals surface area contributed by atoms with E-state index >= 15 is 0 Å². The minimum Gasteiger partial charge on any atom is -0.328 e. The fraction of sp³-hybridized carbons (Fsp3) is 1.00. The summed E-state index contributed by atoms with van der Waals surface area (Å²) in [5.41, 5.74) is 4.51. The predicted octanol–water partition coefficient (Wildman–Crippen LogP) is 1.65. The zero-order valence-corrected chi connectivity index (χ0v) is 6.38. The summed E-state index contributed by atoms with van der Waals surface area (Å²) < 4.78 is 12.8. The van der Waals surface area contributed by atoms with E-state index in [2.05, 4.69) is 0 Å². The van der Waals surface area contributed by atoms with Gasteiger partial charge in [-0.25, -0.2) is 4.39 Å². The van der Waals surface area contributed by atoms with Crippen molar-refractivity contribution in [1.82, 2.24) is 0 Å². The lowest BCUT2D eigenvalue weighted by Crippen LogP contribution is -2.19. The Bertz CT molecular complexity index is 95.1. The number of hydrogen-bond acceptors (Lipinski definition) is 1. The topological polar surface area (TPSA) is 26.0 Å².